The van der Waals surface area contributed by atoms with Gasteiger partial charge < -0.3 is 10.1 Å². The highest BCUT2D eigenvalue weighted by atomic mass is 127. The van der Waals surface area contributed by atoms with Gasteiger partial charge in [0.15, 0.2) is 5.75 Å². The summed E-state index contributed by atoms with van der Waals surface area (Å²) in [5.41, 5.74) is 1.12. The Hall–Kier alpha value is -3.13. The van der Waals surface area contributed by atoms with Crippen LogP contribution in [0.2, 0.25) is 10.0 Å². The van der Waals surface area contributed by atoms with Gasteiger partial charge in [-0.05, 0) is 70.1 Å². The summed E-state index contributed by atoms with van der Waals surface area (Å²) in [5, 5.41) is 23.2. The first-order chi connectivity index (χ1) is 15.8. The lowest BCUT2D eigenvalue weighted by atomic mass is 10.1. The molecule has 10 heteroatoms. The van der Waals surface area contributed by atoms with Gasteiger partial charge in [0.25, 0.3) is 11.6 Å². The van der Waals surface area contributed by atoms with E-state index in [-0.39, 0.29) is 39.3 Å². The molecule has 0 bridgehead atoms. The molecule has 0 aliphatic carbocycles. The summed E-state index contributed by atoms with van der Waals surface area (Å²) >= 11 is 14.9. The minimum absolute atomic E-state index is 0.185. The number of hydrogen-bond donors (Lipinski definition) is 1. The lowest BCUT2D eigenvalue weighted by molar-refractivity contribution is -0.384. The van der Waals surface area contributed by atoms with Crippen molar-refractivity contribution in [3.63, 3.8) is 0 Å². The van der Waals surface area contributed by atoms with Gasteiger partial charge in [-0.25, -0.2) is 0 Å². The number of amides is 1. The third-order valence-electron chi connectivity index (χ3n) is 4.31. The molecule has 0 aliphatic rings. The predicted molar refractivity (Wildman–Crippen MR) is 135 cm³/mol. The van der Waals surface area contributed by atoms with Gasteiger partial charge in [-0.3, -0.25) is 14.9 Å². The van der Waals surface area contributed by atoms with Crippen LogP contribution in [-0.4, -0.2) is 10.8 Å². The second-order valence-electron chi connectivity index (χ2n) is 6.66. The lowest BCUT2D eigenvalue weighted by Gasteiger charge is -2.11. The molecule has 0 unspecified atom stereocenters. The summed E-state index contributed by atoms with van der Waals surface area (Å²) < 4.78 is 6.85. The summed E-state index contributed by atoms with van der Waals surface area (Å²) in [6, 6.07) is 18.0. The zero-order valence-electron chi connectivity index (χ0n) is 16.7. The van der Waals surface area contributed by atoms with E-state index >= 15 is 0 Å². The molecule has 166 valence electrons. The van der Waals surface area contributed by atoms with Crippen LogP contribution in [0, 0.1) is 25.0 Å². The quantitative estimate of drug-likeness (QED) is 0.109. The van der Waals surface area contributed by atoms with E-state index in [0.29, 0.717) is 5.56 Å². The molecule has 7 nitrogen and oxygen atoms in total. The van der Waals surface area contributed by atoms with Crippen molar-refractivity contribution < 1.29 is 14.5 Å². The Bertz CT molecular complexity index is 1260. The van der Waals surface area contributed by atoms with E-state index in [4.69, 9.17) is 27.9 Å². The largest absolute Gasteiger partial charge is 0.486 e. The normalized spacial score (nSPS) is 10.9. The number of non-ortho nitro benzene ring substituents is 1. The van der Waals surface area contributed by atoms with Crippen molar-refractivity contribution in [3.8, 4) is 11.8 Å². The van der Waals surface area contributed by atoms with E-state index in [1.807, 2.05) is 30.3 Å². The second kappa shape index (κ2) is 11.1. The predicted octanol–water partition coefficient (Wildman–Crippen LogP) is 6.63. The SMILES string of the molecule is N#C/C(=C\c1cc(Cl)c(OCc2ccc(I)cc2)c(Cl)c1)C(=O)Nc1cccc([N+](=O)[O-])c1. The van der Waals surface area contributed by atoms with Crippen LogP contribution in [0.25, 0.3) is 6.08 Å². The minimum Gasteiger partial charge on any atom is -0.486 e. The van der Waals surface area contributed by atoms with E-state index in [2.05, 4.69) is 27.9 Å². The number of ether oxygens (including phenoxy) is 1. The number of nitrogens with zero attached hydrogens (tertiary/aromatic N) is 2. The zero-order valence-corrected chi connectivity index (χ0v) is 20.4. The van der Waals surface area contributed by atoms with Crippen LogP contribution in [0.5, 0.6) is 5.75 Å². The van der Waals surface area contributed by atoms with E-state index in [9.17, 15) is 20.2 Å². The fraction of sp³-hybridized carbons (Fsp3) is 0.0435. The van der Waals surface area contributed by atoms with Crippen LogP contribution >= 0.6 is 45.8 Å². The fourth-order valence-corrected chi connectivity index (χ4v) is 3.72. The van der Waals surface area contributed by atoms with E-state index in [1.165, 1.54) is 42.5 Å². The van der Waals surface area contributed by atoms with E-state index in [0.717, 1.165) is 9.13 Å². The molecule has 0 aromatic heterocycles. The Morgan fingerprint density at radius 1 is 1.15 bits per heavy atom. The number of nitro benzene ring substituents is 1. The molecule has 0 aliphatic heterocycles. The summed E-state index contributed by atoms with van der Waals surface area (Å²) in [6.45, 7) is 0.264. The molecule has 0 spiro atoms. The summed E-state index contributed by atoms with van der Waals surface area (Å²) in [7, 11) is 0. The smallest absolute Gasteiger partial charge is 0.271 e. The molecule has 0 saturated heterocycles. The van der Waals surface area contributed by atoms with Crippen molar-refractivity contribution in [1.82, 2.24) is 0 Å². The van der Waals surface area contributed by atoms with Gasteiger partial charge in [-0.1, -0.05) is 41.4 Å². The maximum Gasteiger partial charge on any atom is 0.271 e. The first-order valence-electron chi connectivity index (χ1n) is 9.30. The van der Waals surface area contributed by atoms with Crippen LogP contribution in [0.15, 0.2) is 66.2 Å². The van der Waals surface area contributed by atoms with Gasteiger partial charge in [-0.2, -0.15) is 5.26 Å². The molecule has 1 N–H and O–H groups in total. The third-order valence-corrected chi connectivity index (χ3v) is 5.59. The van der Waals surface area contributed by atoms with E-state index < -0.39 is 10.8 Å². The van der Waals surface area contributed by atoms with Crippen molar-refractivity contribution in [2.45, 2.75) is 6.61 Å². The van der Waals surface area contributed by atoms with Gasteiger partial charge in [0.2, 0.25) is 0 Å². The van der Waals surface area contributed by atoms with Crippen molar-refractivity contribution in [1.29, 1.82) is 5.26 Å². The molecule has 3 aromatic carbocycles. The molecule has 33 heavy (non-hydrogen) atoms. The second-order valence-corrected chi connectivity index (χ2v) is 8.72. The summed E-state index contributed by atoms with van der Waals surface area (Å²) in [5.74, 6) is -0.446. The average Bonchev–Trinajstić information content (AvgIpc) is 2.78. The Morgan fingerprint density at radius 2 is 1.82 bits per heavy atom. The summed E-state index contributed by atoms with van der Waals surface area (Å²) in [6.07, 6.45) is 1.31. The molecule has 0 heterocycles. The first kappa shape index (κ1) is 24.5. The van der Waals surface area contributed by atoms with E-state index in [1.54, 1.807) is 0 Å². The highest BCUT2D eigenvalue weighted by Gasteiger charge is 2.14. The van der Waals surface area contributed by atoms with Gasteiger partial charge >= 0.3 is 0 Å². The van der Waals surface area contributed by atoms with Crippen LogP contribution < -0.4 is 10.1 Å². The number of rotatable bonds is 7. The molecule has 3 rings (SSSR count). The topological polar surface area (TPSA) is 105 Å². The molecule has 0 saturated carbocycles. The average molecular weight is 594 g/mol. The highest BCUT2D eigenvalue weighted by molar-refractivity contribution is 14.1. The third kappa shape index (κ3) is 6.68. The zero-order chi connectivity index (χ0) is 24.0. The monoisotopic (exact) mass is 593 g/mol. The Balaban J connectivity index is 1.77. The number of nitrogens with one attached hydrogen (secondary N) is 1. The Morgan fingerprint density at radius 3 is 2.42 bits per heavy atom. The molecule has 1 amide bonds. The van der Waals surface area contributed by atoms with Crippen LogP contribution in [-0.2, 0) is 11.4 Å². The number of halogens is 3. The number of nitro groups is 1. The van der Waals surface area contributed by atoms with Gasteiger partial charge in [0.1, 0.15) is 18.2 Å². The van der Waals surface area contributed by atoms with Crippen molar-refractivity contribution in [2.75, 3.05) is 5.32 Å². The number of hydrogen-bond acceptors (Lipinski definition) is 5. The number of carbonyl (C=O) groups excluding carboxylic acids is 1. The molecule has 0 fully saturated rings. The standard InChI is InChI=1S/C23H14Cl2IN3O4/c24-20-9-15(10-21(25)22(20)33-13-14-4-6-17(26)7-5-14)8-16(12-27)23(30)28-18-2-1-3-19(11-18)29(31)32/h1-11H,13H2,(H,28,30)/b16-8+. The number of benzene rings is 3. The van der Waals surface area contributed by atoms with Crippen LogP contribution in [0.4, 0.5) is 11.4 Å². The summed E-state index contributed by atoms with van der Waals surface area (Å²) in [4.78, 5) is 22.8. The minimum atomic E-state index is -0.732. The molecule has 0 radical (unpaired) electrons. The maximum atomic E-state index is 12.5. The van der Waals surface area contributed by atoms with Gasteiger partial charge in [-0.15, -0.1) is 0 Å². The number of nitriles is 1. The van der Waals surface area contributed by atoms with Crippen LogP contribution in [0.3, 0.4) is 0 Å². The molecule has 0 atom stereocenters. The molecule has 3 aromatic rings. The Labute approximate surface area is 212 Å². The molecular weight excluding hydrogens is 580 g/mol. The van der Waals surface area contributed by atoms with Crippen molar-refractivity contribution in [3.05, 3.63) is 101 Å². The Kier molecular flexibility index (Phi) is 8.27. The van der Waals surface area contributed by atoms with Crippen molar-refractivity contribution >= 4 is 69.2 Å². The van der Waals surface area contributed by atoms with Gasteiger partial charge in [0, 0.05) is 21.4 Å². The highest BCUT2D eigenvalue weighted by Crippen LogP contribution is 2.35. The lowest BCUT2D eigenvalue weighted by Crippen LogP contribution is -2.13. The molecular formula is C23H14Cl2IN3O4. The van der Waals surface area contributed by atoms with Crippen molar-refractivity contribution in [2.24, 2.45) is 0 Å². The first-order valence-corrected chi connectivity index (χ1v) is 11.1. The number of anilines is 1. The van der Waals surface area contributed by atoms with Gasteiger partial charge in [0.05, 0.1) is 15.0 Å². The fourth-order valence-electron chi connectivity index (χ4n) is 2.75. The maximum absolute atomic E-state index is 12.5. The van der Waals surface area contributed by atoms with Crippen LogP contribution in [0.1, 0.15) is 11.1 Å². The number of carbonyl (C=O) groups is 1.